The first kappa shape index (κ1) is 19.1. The Bertz CT molecular complexity index is 538. The van der Waals surface area contributed by atoms with E-state index >= 15 is 0 Å². The average Bonchev–Trinajstić information content (AvgIpc) is 2.42. The molecule has 0 radical (unpaired) electrons. The van der Waals surface area contributed by atoms with Crippen molar-refractivity contribution in [1.82, 2.24) is 4.90 Å². The van der Waals surface area contributed by atoms with E-state index in [0.717, 1.165) is 6.54 Å². The summed E-state index contributed by atoms with van der Waals surface area (Å²) in [7, 11) is 1.93. The number of hydrogen-bond donors (Lipinski definition) is 3. The summed E-state index contributed by atoms with van der Waals surface area (Å²) in [5.74, 6) is -0.234. The van der Waals surface area contributed by atoms with E-state index in [2.05, 4.69) is 10.6 Å². The maximum Gasteiger partial charge on any atom is 0.225 e. The number of hydrogen-bond acceptors (Lipinski definition) is 4. The largest absolute Gasteiger partial charge is 0.390 e. The van der Waals surface area contributed by atoms with Gasteiger partial charge < -0.3 is 20.6 Å². The fourth-order valence-electron chi connectivity index (χ4n) is 1.97. The van der Waals surface area contributed by atoms with E-state index in [-0.39, 0.29) is 11.8 Å². The molecular formula is C17H27N3O3. The number of rotatable bonds is 8. The van der Waals surface area contributed by atoms with Crippen molar-refractivity contribution in [3.8, 4) is 0 Å². The molecule has 23 heavy (non-hydrogen) atoms. The van der Waals surface area contributed by atoms with Gasteiger partial charge in [-0.05, 0) is 45.5 Å². The minimum Gasteiger partial charge on any atom is -0.390 e. The van der Waals surface area contributed by atoms with Crippen LogP contribution in [0.15, 0.2) is 24.3 Å². The third-order valence-electron chi connectivity index (χ3n) is 3.29. The maximum absolute atomic E-state index is 12.0. The second-order valence-corrected chi connectivity index (χ2v) is 6.43. The molecule has 0 heterocycles. The molecule has 0 spiro atoms. The van der Waals surface area contributed by atoms with E-state index in [4.69, 9.17) is 0 Å². The number of anilines is 2. The predicted molar refractivity (Wildman–Crippen MR) is 92.4 cm³/mol. The molecule has 0 atom stereocenters. The Morgan fingerprint density at radius 2 is 1.78 bits per heavy atom. The zero-order chi connectivity index (χ0) is 17.5. The van der Waals surface area contributed by atoms with E-state index in [1.807, 2.05) is 11.9 Å². The fourth-order valence-corrected chi connectivity index (χ4v) is 1.97. The molecule has 0 aromatic heterocycles. The first-order valence-corrected chi connectivity index (χ1v) is 7.74. The van der Waals surface area contributed by atoms with E-state index in [1.54, 1.807) is 38.1 Å². The molecule has 0 aliphatic carbocycles. The summed E-state index contributed by atoms with van der Waals surface area (Å²) in [5, 5.41) is 15.2. The third-order valence-corrected chi connectivity index (χ3v) is 3.29. The molecule has 0 unspecified atom stereocenters. The number of carbonyl (C=O) groups is 2. The van der Waals surface area contributed by atoms with Gasteiger partial charge >= 0.3 is 0 Å². The summed E-state index contributed by atoms with van der Waals surface area (Å²) in [6.45, 7) is 6.34. The van der Waals surface area contributed by atoms with Gasteiger partial charge in [0.1, 0.15) is 0 Å². The first-order chi connectivity index (χ1) is 10.7. The Morgan fingerprint density at radius 3 is 2.35 bits per heavy atom. The van der Waals surface area contributed by atoms with Gasteiger partial charge in [0, 0.05) is 37.8 Å². The van der Waals surface area contributed by atoms with Crippen LogP contribution in [0.25, 0.3) is 0 Å². The van der Waals surface area contributed by atoms with Crippen LogP contribution in [0.1, 0.15) is 33.6 Å². The molecule has 0 fully saturated rings. The van der Waals surface area contributed by atoms with Crippen molar-refractivity contribution in [3.05, 3.63) is 24.3 Å². The van der Waals surface area contributed by atoms with Gasteiger partial charge in [0.05, 0.1) is 5.60 Å². The SMILES string of the molecule is CC(=O)Nc1cccc(NC(=O)CCN(C)CCC(C)(C)O)c1. The van der Waals surface area contributed by atoms with E-state index in [1.165, 1.54) is 6.92 Å². The monoisotopic (exact) mass is 321 g/mol. The molecule has 0 aliphatic rings. The van der Waals surface area contributed by atoms with E-state index in [9.17, 15) is 14.7 Å². The number of benzene rings is 1. The molecule has 6 heteroatoms. The van der Waals surface area contributed by atoms with Crippen molar-refractivity contribution in [2.75, 3.05) is 30.8 Å². The maximum atomic E-state index is 12.0. The molecule has 0 saturated heterocycles. The van der Waals surface area contributed by atoms with Crippen LogP contribution in [0, 0.1) is 0 Å². The lowest BCUT2D eigenvalue weighted by Gasteiger charge is -2.22. The zero-order valence-electron chi connectivity index (χ0n) is 14.3. The van der Waals surface area contributed by atoms with Crippen LogP contribution < -0.4 is 10.6 Å². The van der Waals surface area contributed by atoms with Crippen LogP contribution in [0.5, 0.6) is 0 Å². The number of nitrogens with zero attached hydrogens (tertiary/aromatic N) is 1. The Balaban J connectivity index is 2.40. The van der Waals surface area contributed by atoms with Crippen LogP contribution >= 0.6 is 0 Å². The topological polar surface area (TPSA) is 81.7 Å². The predicted octanol–water partition coefficient (Wildman–Crippen LogP) is 2.07. The van der Waals surface area contributed by atoms with Gasteiger partial charge in [0.25, 0.3) is 0 Å². The molecule has 2 amide bonds. The second-order valence-electron chi connectivity index (χ2n) is 6.43. The van der Waals surface area contributed by atoms with Gasteiger partial charge in [0.15, 0.2) is 0 Å². The highest BCUT2D eigenvalue weighted by molar-refractivity contribution is 5.93. The Labute approximate surface area is 137 Å². The smallest absolute Gasteiger partial charge is 0.225 e. The van der Waals surface area contributed by atoms with Crippen molar-refractivity contribution in [2.24, 2.45) is 0 Å². The van der Waals surface area contributed by atoms with Gasteiger partial charge in [-0.1, -0.05) is 6.07 Å². The minimum absolute atomic E-state index is 0.0833. The summed E-state index contributed by atoms with van der Waals surface area (Å²) >= 11 is 0. The molecule has 1 aromatic rings. The highest BCUT2D eigenvalue weighted by atomic mass is 16.3. The highest BCUT2D eigenvalue weighted by Gasteiger charge is 2.13. The van der Waals surface area contributed by atoms with Gasteiger partial charge in [-0.2, -0.15) is 0 Å². The third kappa shape index (κ3) is 8.95. The average molecular weight is 321 g/mol. The van der Waals surface area contributed by atoms with E-state index in [0.29, 0.717) is 30.8 Å². The molecular weight excluding hydrogens is 294 g/mol. The summed E-state index contributed by atoms with van der Waals surface area (Å²) < 4.78 is 0. The molecule has 0 saturated carbocycles. The molecule has 1 rings (SSSR count). The quantitative estimate of drug-likeness (QED) is 0.684. The number of aliphatic hydroxyl groups is 1. The number of nitrogens with one attached hydrogen (secondary N) is 2. The van der Waals surface area contributed by atoms with Crippen LogP contribution in [0.4, 0.5) is 11.4 Å². The Morgan fingerprint density at radius 1 is 1.17 bits per heavy atom. The van der Waals surface area contributed by atoms with Gasteiger partial charge in [-0.25, -0.2) is 0 Å². The first-order valence-electron chi connectivity index (χ1n) is 7.74. The molecule has 1 aromatic carbocycles. The normalized spacial score (nSPS) is 11.4. The van der Waals surface area contributed by atoms with Gasteiger partial charge in [0.2, 0.25) is 11.8 Å². The Hall–Kier alpha value is -1.92. The summed E-state index contributed by atoms with van der Waals surface area (Å²) in [6.07, 6.45) is 1.02. The summed E-state index contributed by atoms with van der Waals surface area (Å²) in [6, 6.07) is 7.04. The van der Waals surface area contributed by atoms with Crippen molar-refractivity contribution in [2.45, 2.75) is 39.2 Å². The van der Waals surface area contributed by atoms with Crippen LogP contribution in [-0.4, -0.2) is 47.6 Å². The molecule has 0 aliphatic heterocycles. The van der Waals surface area contributed by atoms with Crippen molar-refractivity contribution >= 4 is 23.2 Å². The Kier molecular flexibility index (Phi) is 7.19. The van der Waals surface area contributed by atoms with Crippen molar-refractivity contribution in [3.63, 3.8) is 0 Å². The standard InChI is InChI=1S/C17H27N3O3/c1-13(21)18-14-6-5-7-15(12-14)19-16(22)8-10-20(4)11-9-17(2,3)23/h5-7,12,23H,8-11H2,1-4H3,(H,18,21)(H,19,22). The molecule has 6 nitrogen and oxygen atoms in total. The van der Waals surface area contributed by atoms with Crippen molar-refractivity contribution < 1.29 is 14.7 Å². The van der Waals surface area contributed by atoms with Crippen molar-refractivity contribution in [1.29, 1.82) is 0 Å². The van der Waals surface area contributed by atoms with Gasteiger partial charge in [-0.15, -0.1) is 0 Å². The molecule has 3 N–H and O–H groups in total. The summed E-state index contributed by atoms with van der Waals surface area (Å²) in [4.78, 5) is 25.0. The number of carbonyl (C=O) groups excluding carboxylic acids is 2. The molecule has 128 valence electrons. The second kappa shape index (κ2) is 8.64. The minimum atomic E-state index is -0.694. The van der Waals surface area contributed by atoms with Crippen LogP contribution in [0.3, 0.4) is 0 Å². The summed E-state index contributed by atoms with van der Waals surface area (Å²) in [5.41, 5.74) is 0.610. The lowest BCUT2D eigenvalue weighted by atomic mass is 10.1. The zero-order valence-corrected chi connectivity index (χ0v) is 14.3. The van der Waals surface area contributed by atoms with Gasteiger partial charge in [-0.3, -0.25) is 9.59 Å². The van der Waals surface area contributed by atoms with Crippen LogP contribution in [-0.2, 0) is 9.59 Å². The fraction of sp³-hybridized carbons (Fsp3) is 0.529. The van der Waals surface area contributed by atoms with E-state index < -0.39 is 5.60 Å². The number of amides is 2. The lowest BCUT2D eigenvalue weighted by Crippen LogP contribution is -2.30. The molecule has 0 bridgehead atoms. The van der Waals surface area contributed by atoms with Crippen LogP contribution in [0.2, 0.25) is 0 Å². The highest BCUT2D eigenvalue weighted by Crippen LogP contribution is 2.15. The lowest BCUT2D eigenvalue weighted by molar-refractivity contribution is -0.116.